The summed E-state index contributed by atoms with van der Waals surface area (Å²) in [6.45, 7) is 4.40. The molecule has 6 nitrogen and oxygen atoms in total. The van der Waals surface area contributed by atoms with Gasteiger partial charge in [-0.25, -0.2) is 4.98 Å². The maximum atomic E-state index is 10.6. The molecule has 1 N–H and O–H groups in total. The minimum absolute atomic E-state index is 0.00190. The largest absolute Gasteiger partial charge is 0.491 e. The Hall–Kier alpha value is -2.15. The summed E-state index contributed by atoms with van der Waals surface area (Å²) in [6, 6.07) is 7.80. The molecule has 2 aromatic rings. The van der Waals surface area contributed by atoms with Crippen LogP contribution in [0.25, 0.3) is 0 Å². The van der Waals surface area contributed by atoms with Gasteiger partial charge in [-0.2, -0.15) is 0 Å². The van der Waals surface area contributed by atoms with Crippen molar-refractivity contribution in [3.8, 4) is 5.75 Å². The molecule has 0 amide bonds. The van der Waals surface area contributed by atoms with Crippen molar-refractivity contribution in [2.45, 2.75) is 19.9 Å². The maximum absolute atomic E-state index is 10.6. The fraction of sp³-hybridized carbons (Fsp3) is 0.308. The van der Waals surface area contributed by atoms with Crippen LogP contribution in [-0.2, 0) is 0 Å². The zero-order valence-electron chi connectivity index (χ0n) is 11.2. The minimum atomic E-state index is -0.448. The normalized spacial score (nSPS) is 11.9. The van der Waals surface area contributed by atoms with Gasteiger partial charge in [-0.3, -0.25) is 10.1 Å². The number of ether oxygens (including phenoxy) is 1. The van der Waals surface area contributed by atoms with E-state index in [1.807, 2.05) is 38.1 Å². The van der Waals surface area contributed by atoms with E-state index in [9.17, 15) is 10.1 Å². The predicted octanol–water partition coefficient (Wildman–Crippen LogP) is 3.24. The third kappa shape index (κ3) is 3.92. The van der Waals surface area contributed by atoms with Gasteiger partial charge in [0, 0.05) is 0 Å². The number of benzene rings is 1. The Bertz CT molecular complexity index is 583. The van der Waals surface area contributed by atoms with E-state index >= 15 is 0 Å². The number of nitrogens with zero attached hydrogens (tertiary/aromatic N) is 2. The second-order valence-corrected chi connectivity index (χ2v) is 5.44. The molecular weight excluding hydrogens is 278 g/mol. The molecule has 1 aromatic carbocycles. The monoisotopic (exact) mass is 293 g/mol. The third-order valence-electron chi connectivity index (χ3n) is 2.56. The molecule has 0 aliphatic carbocycles. The van der Waals surface area contributed by atoms with E-state index in [0.717, 1.165) is 17.1 Å². The van der Waals surface area contributed by atoms with Crippen molar-refractivity contribution >= 4 is 21.5 Å². The van der Waals surface area contributed by atoms with Gasteiger partial charge < -0.3 is 10.1 Å². The average Bonchev–Trinajstić information content (AvgIpc) is 2.87. The van der Waals surface area contributed by atoms with Gasteiger partial charge in [0.2, 0.25) is 0 Å². The first-order valence-corrected chi connectivity index (χ1v) is 6.92. The van der Waals surface area contributed by atoms with E-state index in [-0.39, 0.29) is 11.0 Å². The zero-order chi connectivity index (χ0) is 14.5. The van der Waals surface area contributed by atoms with Crippen LogP contribution in [0.2, 0.25) is 0 Å². The minimum Gasteiger partial charge on any atom is -0.491 e. The smallest absolute Gasteiger partial charge is 0.345 e. The molecule has 1 atom stereocenters. The lowest BCUT2D eigenvalue weighted by molar-refractivity contribution is -0.380. The molecule has 106 valence electrons. The van der Waals surface area contributed by atoms with E-state index in [4.69, 9.17) is 4.74 Å². The van der Waals surface area contributed by atoms with E-state index in [1.54, 1.807) is 0 Å². The summed E-state index contributed by atoms with van der Waals surface area (Å²) in [5.41, 5.74) is 1.18. The first kappa shape index (κ1) is 14.3. The quantitative estimate of drug-likeness (QED) is 0.653. The van der Waals surface area contributed by atoms with Gasteiger partial charge in [0.15, 0.2) is 5.13 Å². The Morgan fingerprint density at radius 3 is 2.75 bits per heavy atom. The van der Waals surface area contributed by atoms with Crippen LogP contribution in [-0.4, -0.2) is 22.6 Å². The summed E-state index contributed by atoms with van der Waals surface area (Å²) in [5, 5.41) is 14.2. The number of thiazole rings is 1. The fourth-order valence-corrected chi connectivity index (χ4v) is 2.27. The topological polar surface area (TPSA) is 77.3 Å². The van der Waals surface area contributed by atoms with Gasteiger partial charge >= 0.3 is 5.00 Å². The van der Waals surface area contributed by atoms with E-state index in [0.29, 0.717) is 11.7 Å². The van der Waals surface area contributed by atoms with Crippen molar-refractivity contribution in [2.24, 2.45) is 0 Å². The number of anilines is 1. The molecule has 0 saturated heterocycles. The van der Waals surface area contributed by atoms with Crippen molar-refractivity contribution in [1.29, 1.82) is 0 Å². The van der Waals surface area contributed by atoms with Crippen LogP contribution < -0.4 is 10.1 Å². The summed E-state index contributed by atoms with van der Waals surface area (Å²) in [4.78, 5) is 14.1. The van der Waals surface area contributed by atoms with Crippen LogP contribution in [0, 0.1) is 17.0 Å². The maximum Gasteiger partial charge on any atom is 0.345 e. The highest BCUT2D eigenvalue weighted by Crippen LogP contribution is 2.25. The van der Waals surface area contributed by atoms with Crippen LogP contribution in [0.5, 0.6) is 5.75 Å². The summed E-state index contributed by atoms with van der Waals surface area (Å²) >= 11 is 1.02. The molecule has 0 fully saturated rings. The molecule has 0 aliphatic rings. The Balaban J connectivity index is 1.84. The van der Waals surface area contributed by atoms with Crippen molar-refractivity contribution in [3.63, 3.8) is 0 Å². The van der Waals surface area contributed by atoms with Crippen molar-refractivity contribution in [2.75, 3.05) is 11.9 Å². The Morgan fingerprint density at radius 2 is 2.15 bits per heavy atom. The fourth-order valence-electron chi connectivity index (χ4n) is 1.52. The molecule has 2 rings (SSSR count). The second-order valence-electron chi connectivity index (χ2n) is 4.43. The first-order chi connectivity index (χ1) is 9.54. The molecule has 0 saturated carbocycles. The number of aromatic nitrogens is 1. The van der Waals surface area contributed by atoms with Gasteiger partial charge in [-0.05, 0) is 37.3 Å². The van der Waals surface area contributed by atoms with Gasteiger partial charge in [-0.15, -0.1) is 0 Å². The van der Waals surface area contributed by atoms with Gasteiger partial charge in [0.05, 0.1) is 11.0 Å². The van der Waals surface area contributed by atoms with E-state index < -0.39 is 4.92 Å². The van der Waals surface area contributed by atoms with Crippen LogP contribution in [0.3, 0.4) is 0 Å². The molecule has 0 spiro atoms. The molecule has 1 heterocycles. The van der Waals surface area contributed by atoms with Crippen molar-refractivity contribution < 1.29 is 9.66 Å². The van der Waals surface area contributed by atoms with Crippen molar-refractivity contribution in [3.05, 3.63) is 46.1 Å². The van der Waals surface area contributed by atoms with Crippen LogP contribution >= 0.6 is 11.3 Å². The first-order valence-electron chi connectivity index (χ1n) is 6.11. The Morgan fingerprint density at radius 1 is 1.45 bits per heavy atom. The third-order valence-corrected chi connectivity index (χ3v) is 3.44. The summed E-state index contributed by atoms with van der Waals surface area (Å²) in [7, 11) is 0. The van der Waals surface area contributed by atoms with Crippen LogP contribution in [0.4, 0.5) is 10.1 Å². The number of nitro groups is 1. The Kier molecular flexibility index (Phi) is 4.52. The molecule has 0 aliphatic heterocycles. The number of rotatable bonds is 6. The van der Waals surface area contributed by atoms with Crippen LogP contribution in [0.1, 0.15) is 12.5 Å². The van der Waals surface area contributed by atoms with E-state index in [2.05, 4.69) is 10.3 Å². The summed E-state index contributed by atoms with van der Waals surface area (Å²) in [6.07, 6.45) is 1.25. The predicted molar refractivity (Wildman–Crippen MR) is 78.5 cm³/mol. The Labute approximate surface area is 120 Å². The summed E-state index contributed by atoms with van der Waals surface area (Å²) < 4.78 is 5.63. The van der Waals surface area contributed by atoms with Gasteiger partial charge in [0.25, 0.3) is 0 Å². The molecule has 20 heavy (non-hydrogen) atoms. The standard InChI is InChI=1S/C13H15N3O3S/c1-9-3-5-11(6-4-9)19-8-10(2)15-13-14-7-12(20-13)16(17)18/h3-7,10H,8H2,1-2H3,(H,14,15). The highest BCUT2D eigenvalue weighted by Gasteiger charge is 2.13. The highest BCUT2D eigenvalue weighted by molar-refractivity contribution is 7.18. The number of nitrogens with one attached hydrogen (secondary N) is 1. The lowest BCUT2D eigenvalue weighted by Gasteiger charge is -2.14. The molecule has 7 heteroatoms. The zero-order valence-corrected chi connectivity index (χ0v) is 12.0. The second kappa shape index (κ2) is 6.33. The number of aryl methyl sites for hydroxylation is 1. The van der Waals surface area contributed by atoms with E-state index in [1.165, 1.54) is 11.8 Å². The molecule has 0 bridgehead atoms. The molecule has 0 radical (unpaired) electrons. The molecular formula is C13H15N3O3S. The van der Waals surface area contributed by atoms with Crippen molar-refractivity contribution in [1.82, 2.24) is 4.98 Å². The lowest BCUT2D eigenvalue weighted by Crippen LogP contribution is -2.23. The summed E-state index contributed by atoms with van der Waals surface area (Å²) in [5.74, 6) is 0.800. The molecule has 1 unspecified atom stereocenters. The average molecular weight is 293 g/mol. The van der Waals surface area contributed by atoms with Gasteiger partial charge in [0.1, 0.15) is 18.6 Å². The lowest BCUT2D eigenvalue weighted by atomic mass is 10.2. The molecule has 1 aromatic heterocycles. The van der Waals surface area contributed by atoms with Gasteiger partial charge in [-0.1, -0.05) is 17.7 Å². The number of hydrogen-bond donors (Lipinski definition) is 1. The SMILES string of the molecule is Cc1ccc(OCC(C)Nc2ncc([N+](=O)[O-])s2)cc1. The van der Waals surface area contributed by atoms with Crippen LogP contribution in [0.15, 0.2) is 30.5 Å². The number of hydrogen-bond acceptors (Lipinski definition) is 6. The highest BCUT2D eigenvalue weighted by atomic mass is 32.1.